The summed E-state index contributed by atoms with van der Waals surface area (Å²) >= 11 is 4.70. The minimum Gasteiger partial charge on any atom is -0.238 e. The van der Waals surface area contributed by atoms with Crippen molar-refractivity contribution in [2.75, 3.05) is 0 Å². The minimum absolute atomic E-state index is 0.0263. The predicted molar refractivity (Wildman–Crippen MR) is 49.0 cm³/mol. The van der Waals surface area contributed by atoms with Gasteiger partial charge in [0, 0.05) is 6.42 Å². The maximum Gasteiger partial charge on any atom is 0.276 e. The van der Waals surface area contributed by atoms with Crippen molar-refractivity contribution in [3.05, 3.63) is 11.1 Å². The summed E-state index contributed by atoms with van der Waals surface area (Å²) in [5.74, 6) is 0. The van der Waals surface area contributed by atoms with E-state index in [9.17, 15) is 8.78 Å². The largest absolute Gasteiger partial charge is 0.276 e. The number of nitriles is 1. The highest BCUT2D eigenvalue weighted by molar-refractivity contribution is 7.80. The van der Waals surface area contributed by atoms with Crippen molar-refractivity contribution in [2.45, 2.75) is 19.8 Å². The van der Waals surface area contributed by atoms with Crippen LogP contribution in [-0.2, 0) is 0 Å². The van der Waals surface area contributed by atoms with E-state index in [1.165, 1.54) is 0 Å². The molecule has 0 fully saturated rings. The van der Waals surface area contributed by atoms with Crippen molar-refractivity contribution >= 4 is 22.9 Å². The minimum atomic E-state index is -2.59. The highest BCUT2D eigenvalue weighted by Crippen LogP contribution is 2.20. The van der Waals surface area contributed by atoms with Crippen LogP contribution in [0, 0.1) is 11.3 Å². The number of hydrogen-bond donors (Lipinski definition) is 0. The Kier molecular flexibility index (Phi) is 2.83. The van der Waals surface area contributed by atoms with Crippen molar-refractivity contribution in [3.8, 4) is 6.07 Å². The van der Waals surface area contributed by atoms with Gasteiger partial charge >= 0.3 is 0 Å². The molecular formula is C8H6F2N2S. The molecule has 5 heteroatoms. The molecule has 1 rings (SSSR count). The average Bonchev–Trinajstić information content (AvgIpc) is 2.03. The Hall–Kier alpha value is -1.15. The molecule has 1 heterocycles. The second-order valence-corrected chi connectivity index (χ2v) is 3.04. The molecule has 13 heavy (non-hydrogen) atoms. The van der Waals surface area contributed by atoms with Crippen LogP contribution in [0.5, 0.6) is 0 Å². The number of halogens is 2. The van der Waals surface area contributed by atoms with Gasteiger partial charge in [-0.05, 0) is 12.5 Å². The van der Waals surface area contributed by atoms with Gasteiger partial charge in [0.25, 0.3) is 6.43 Å². The molecule has 0 aliphatic carbocycles. The summed E-state index contributed by atoms with van der Waals surface area (Å²) in [6.45, 7) is 1.61. The average molecular weight is 200 g/mol. The number of hydrogen-bond acceptors (Lipinski definition) is 2. The maximum absolute atomic E-state index is 12.2. The molecule has 68 valence electrons. The fourth-order valence-corrected chi connectivity index (χ4v) is 1.37. The molecule has 0 amide bonds. The van der Waals surface area contributed by atoms with Crippen LogP contribution in [0.2, 0.25) is 0 Å². The quantitative estimate of drug-likeness (QED) is 0.609. The topological polar surface area (TPSA) is 36.1 Å². The third kappa shape index (κ3) is 1.95. The van der Waals surface area contributed by atoms with Crippen molar-refractivity contribution in [3.63, 3.8) is 0 Å². The second kappa shape index (κ2) is 3.71. The molecule has 0 saturated heterocycles. The Morgan fingerprint density at radius 3 is 2.62 bits per heavy atom. The fraction of sp³-hybridized carbons (Fsp3) is 0.375. The summed E-state index contributed by atoms with van der Waals surface area (Å²) in [7, 11) is 0. The highest BCUT2D eigenvalue weighted by atomic mass is 32.1. The summed E-state index contributed by atoms with van der Waals surface area (Å²) < 4.78 is 24.4. The lowest BCUT2D eigenvalue weighted by molar-refractivity contribution is 0.223. The summed E-state index contributed by atoms with van der Waals surface area (Å²) in [4.78, 5) is 3.48. The van der Waals surface area contributed by atoms with E-state index in [2.05, 4.69) is 4.99 Å². The van der Waals surface area contributed by atoms with Crippen LogP contribution in [0.3, 0.4) is 0 Å². The van der Waals surface area contributed by atoms with Crippen LogP contribution in [-0.4, -0.2) is 17.1 Å². The molecule has 0 spiro atoms. The Balaban J connectivity index is 3.00. The second-order valence-electron chi connectivity index (χ2n) is 2.65. The molecule has 0 unspecified atom stereocenters. The number of rotatable bonds is 1. The first kappa shape index (κ1) is 9.93. The van der Waals surface area contributed by atoms with E-state index >= 15 is 0 Å². The standard InChI is InChI=1S/C8H6F2N2S/c1-4-2-6(7(9)10)12-8(13)5(4)3-11/h7H,2H2,1H3. The predicted octanol–water partition coefficient (Wildman–Crippen LogP) is 2.26. The zero-order chi connectivity index (χ0) is 10.0. The summed E-state index contributed by atoms with van der Waals surface area (Å²) in [6.07, 6.45) is -2.55. The Bertz CT molecular complexity index is 350. The van der Waals surface area contributed by atoms with Gasteiger partial charge in [0.05, 0.1) is 11.3 Å². The molecule has 0 aromatic rings. The number of nitrogens with zero attached hydrogens (tertiary/aromatic N) is 2. The number of thiocarbonyl (C=S) groups is 1. The van der Waals surface area contributed by atoms with Gasteiger partial charge in [-0.25, -0.2) is 13.8 Å². The smallest absolute Gasteiger partial charge is 0.238 e. The van der Waals surface area contributed by atoms with Gasteiger partial charge in [-0.15, -0.1) is 0 Å². The van der Waals surface area contributed by atoms with Crippen LogP contribution in [0.4, 0.5) is 8.78 Å². The molecule has 0 saturated carbocycles. The number of alkyl halides is 2. The lowest BCUT2D eigenvalue weighted by atomic mass is 10.0. The van der Waals surface area contributed by atoms with Gasteiger partial charge in [0.15, 0.2) is 0 Å². The van der Waals surface area contributed by atoms with E-state index in [1.807, 2.05) is 6.07 Å². The molecule has 0 bridgehead atoms. The Labute approximate surface area is 79.6 Å². The SMILES string of the molecule is CC1=C(C#N)C(=S)N=C(C(F)F)C1. The van der Waals surface area contributed by atoms with E-state index in [0.717, 1.165) is 0 Å². The normalized spacial score (nSPS) is 17.5. The number of dihydropyridines is 1. The van der Waals surface area contributed by atoms with Crippen molar-refractivity contribution < 1.29 is 8.78 Å². The molecule has 0 atom stereocenters. The molecule has 0 aromatic heterocycles. The molecular weight excluding hydrogens is 194 g/mol. The maximum atomic E-state index is 12.2. The first-order valence-corrected chi connectivity index (χ1v) is 3.97. The van der Waals surface area contributed by atoms with E-state index < -0.39 is 6.43 Å². The van der Waals surface area contributed by atoms with Gasteiger partial charge < -0.3 is 0 Å². The lowest BCUT2D eigenvalue weighted by Crippen LogP contribution is -2.18. The van der Waals surface area contributed by atoms with Crippen LogP contribution in [0.1, 0.15) is 13.3 Å². The number of aliphatic imine (C=N–C) groups is 1. The monoisotopic (exact) mass is 200 g/mol. The van der Waals surface area contributed by atoms with Crippen molar-refractivity contribution in [1.82, 2.24) is 0 Å². The number of allylic oxidation sites excluding steroid dienone is 1. The Morgan fingerprint density at radius 1 is 1.62 bits per heavy atom. The van der Waals surface area contributed by atoms with E-state index in [1.54, 1.807) is 6.92 Å². The van der Waals surface area contributed by atoms with Gasteiger partial charge in [0.2, 0.25) is 0 Å². The van der Waals surface area contributed by atoms with Crippen LogP contribution < -0.4 is 0 Å². The molecule has 1 aliphatic rings. The highest BCUT2D eigenvalue weighted by Gasteiger charge is 2.22. The van der Waals surface area contributed by atoms with Crippen LogP contribution in [0.25, 0.3) is 0 Å². The first-order valence-electron chi connectivity index (χ1n) is 3.56. The van der Waals surface area contributed by atoms with E-state index in [4.69, 9.17) is 17.5 Å². The van der Waals surface area contributed by atoms with Gasteiger partial charge in [-0.3, -0.25) is 0 Å². The molecule has 1 aliphatic heterocycles. The molecule has 0 radical (unpaired) electrons. The molecule has 2 nitrogen and oxygen atoms in total. The van der Waals surface area contributed by atoms with Crippen molar-refractivity contribution in [2.24, 2.45) is 4.99 Å². The van der Waals surface area contributed by atoms with Gasteiger partial charge in [-0.2, -0.15) is 5.26 Å². The summed E-state index contributed by atoms with van der Waals surface area (Å²) in [6, 6.07) is 1.85. The third-order valence-electron chi connectivity index (χ3n) is 1.70. The van der Waals surface area contributed by atoms with E-state index in [-0.39, 0.29) is 22.7 Å². The fourth-order valence-electron chi connectivity index (χ4n) is 1.04. The van der Waals surface area contributed by atoms with Crippen LogP contribution >= 0.6 is 12.2 Å². The van der Waals surface area contributed by atoms with Gasteiger partial charge in [0.1, 0.15) is 11.1 Å². The molecule has 0 aromatic carbocycles. The van der Waals surface area contributed by atoms with Crippen molar-refractivity contribution in [1.29, 1.82) is 5.26 Å². The van der Waals surface area contributed by atoms with Gasteiger partial charge in [-0.1, -0.05) is 12.2 Å². The molecule has 0 N–H and O–H groups in total. The summed E-state index contributed by atoms with van der Waals surface area (Å²) in [5.41, 5.74) is 0.568. The first-order chi connectivity index (χ1) is 6.06. The lowest BCUT2D eigenvalue weighted by Gasteiger charge is -2.13. The van der Waals surface area contributed by atoms with Crippen LogP contribution in [0.15, 0.2) is 16.1 Å². The van der Waals surface area contributed by atoms with E-state index in [0.29, 0.717) is 5.57 Å². The zero-order valence-electron chi connectivity index (χ0n) is 6.84. The zero-order valence-corrected chi connectivity index (χ0v) is 7.66. The summed E-state index contributed by atoms with van der Waals surface area (Å²) in [5, 5.41) is 8.60. The Morgan fingerprint density at radius 2 is 2.23 bits per heavy atom. The third-order valence-corrected chi connectivity index (χ3v) is 1.99.